The van der Waals surface area contributed by atoms with Gasteiger partial charge in [0.25, 0.3) is 0 Å². The Labute approximate surface area is 375 Å². The SMILES string of the molecule is C[NH+]1C(c2ccc(-n3c4ccccc4c4c5ccccc5c5c6cccc7c8cc9ccccc9cc8n(c76)c5c43)cc2)N=C(c2ccc(-c3ccccc3)cc2)NC1c1ccccc1. The molecule has 0 aliphatic carbocycles. The predicted molar refractivity (Wildman–Crippen MR) is 271 cm³/mol. The molecule has 10 aromatic carbocycles. The van der Waals surface area contributed by atoms with Crippen LogP contribution >= 0.6 is 0 Å². The quantitative estimate of drug-likeness (QED) is 0.178. The Balaban J connectivity index is 0.991. The molecule has 0 fully saturated rings. The highest BCUT2D eigenvalue weighted by Gasteiger charge is 2.35. The number of amidine groups is 1. The van der Waals surface area contributed by atoms with Gasteiger partial charge in [0.15, 0.2) is 6.17 Å². The van der Waals surface area contributed by atoms with E-state index < -0.39 is 0 Å². The smallest absolute Gasteiger partial charge is 0.211 e. The fourth-order valence-corrected chi connectivity index (χ4v) is 11.3. The molecule has 0 amide bonds. The Hall–Kier alpha value is -8.25. The van der Waals surface area contributed by atoms with Gasteiger partial charge in [0.2, 0.25) is 6.17 Å². The van der Waals surface area contributed by atoms with Crippen LogP contribution in [0.3, 0.4) is 0 Å². The van der Waals surface area contributed by atoms with Crippen molar-refractivity contribution in [3.63, 3.8) is 0 Å². The van der Waals surface area contributed by atoms with E-state index >= 15 is 0 Å². The Morgan fingerprint density at radius 3 is 1.77 bits per heavy atom. The molecule has 13 aromatic rings. The normalized spacial score (nSPS) is 16.8. The highest BCUT2D eigenvalue weighted by Crippen LogP contribution is 2.48. The van der Waals surface area contributed by atoms with Crippen molar-refractivity contribution in [2.24, 2.45) is 4.99 Å². The maximum Gasteiger partial charge on any atom is 0.211 e. The third kappa shape index (κ3) is 5.27. The maximum absolute atomic E-state index is 5.50. The van der Waals surface area contributed by atoms with Gasteiger partial charge in [0, 0.05) is 54.7 Å². The molecule has 0 spiro atoms. The third-order valence-electron chi connectivity index (χ3n) is 14.2. The van der Waals surface area contributed by atoms with Crippen LogP contribution in [0.2, 0.25) is 0 Å². The van der Waals surface area contributed by atoms with Gasteiger partial charge in [-0.2, -0.15) is 0 Å². The average molecular weight is 833 g/mol. The Morgan fingerprint density at radius 1 is 0.431 bits per heavy atom. The topological polar surface area (TPSA) is 38.2 Å². The molecule has 0 bridgehead atoms. The molecule has 3 unspecified atom stereocenters. The number of para-hydroxylation sites is 2. The summed E-state index contributed by atoms with van der Waals surface area (Å²) >= 11 is 0. The van der Waals surface area contributed by atoms with E-state index in [2.05, 4.69) is 234 Å². The summed E-state index contributed by atoms with van der Waals surface area (Å²) in [6.45, 7) is 0. The van der Waals surface area contributed by atoms with Gasteiger partial charge in [0.1, 0.15) is 5.84 Å². The fourth-order valence-electron chi connectivity index (χ4n) is 11.3. The van der Waals surface area contributed by atoms with E-state index in [1.54, 1.807) is 0 Å². The molecule has 14 rings (SSSR count). The van der Waals surface area contributed by atoms with Crippen molar-refractivity contribution in [2.75, 3.05) is 7.05 Å². The van der Waals surface area contributed by atoms with E-state index in [0.717, 1.165) is 17.1 Å². The van der Waals surface area contributed by atoms with Crippen LogP contribution in [0.1, 0.15) is 29.0 Å². The van der Waals surface area contributed by atoms with Crippen molar-refractivity contribution in [3.05, 3.63) is 229 Å². The second-order valence-corrected chi connectivity index (χ2v) is 17.7. The first-order valence-corrected chi connectivity index (χ1v) is 22.6. The van der Waals surface area contributed by atoms with Crippen molar-refractivity contribution >= 4 is 87.3 Å². The van der Waals surface area contributed by atoms with Gasteiger partial charge in [-0.25, -0.2) is 4.99 Å². The summed E-state index contributed by atoms with van der Waals surface area (Å²) in [7, 11) is 2.26. The van der Waals surface area contributed by atoms with Crippen molar-refractivity contribution in [3.8, 4) is 16.8 Å². The van der Waals surface area contributed by atoms with Gasteiger partial charge >= 0.3 is 0 Å². The second-order valence-electron chi connectivity index (χ2n) is 17.7. The van der Waals surface area contributed by atoms with Gasteiger partial charge in [-0.3, -0.25) is 4.90 Å². The van der Waals surface area contributed by atoms with Crippen LogP contribution in [0, 0.1) is 0 Å². The molecule has 306 valence electrons. The van der Waals surface area contributed by atoms with Gasteiger partial charge in [-0.05, 0) is 75.1 Å². The highest BCUT2D eigenvalue weighted by molar-refractivity contribution is 6.39. The number of aliphatic imine (C=N–C) groups is 1. The standard InChI is InChI=1S/C60H41N5/c1-63-59(40-17-6-3-7-18-40)61-58(39-29-27-38(28-30-39)37-15-4-2-5-16-37)62-60(63)41-31-33-44(34-32-41)64-51-26-13-12-23-48(51)53-45-21-10-11-22-46(45)54-49-25-14-24-47-50-35-42-19-8-9-20-43(42)36-52(50)65(55(47)49)57(54)56(53)64/h2-36,59-60H,1H3,(H,61,62)/p+1. The molecule has 5 nitrogen and oxygen atoms in total. The maximum atomic E-state index is 5.50. The van der Waals surface area contributed by atoms with Gasteiger partial charge < -0.3 is 14.3 Å². The van der Waals surface area contributed by atoms with Crippen LogP contribution < -0.4 is 10.2 Å². The van der Waals surface area contributed by atoms with Crippen LogP contribution in [-0.2, 0) is 0 Å². The summed E-state index contributed by atoms with van der Waals surface area (Å²) in [5.74, 6) is 0.903. The lowest BCUT2D eigenvalue weighted by Gasteiger charge is -2.36. The number of nitrogens with zero attached hydrogens (tertiary/aromatic N) is 3. The number of benzene rings is 10. The number of aromatic nitrogens is 2. The minimum absolute atomic E-state index is 0.00219. The molecular weight excluding hydrogens is 791 g/mol. The van der Waals surface area contributed by atoms with Gasteiger partial charge in [-0.1, -0.05) is 170 Å². The lowest BCUT2D eigenvalue weighted by molar-refractivity contribution is -0.947. The number of quaternary nitrogens is 1. The van der Waals surface area contributed by atoms with Crippen LogP contribution in [0.25, 0.3) is 98.3 Å². The monoisotopic (exact) mass is 832 g/mol. The fraction of sp³-hybridized carbons (Fsp3) is 0.0500. The number of rotatable bonds is 5. The van der Waals surface area contributed by atoms with Crippen LogP contribution in [-0.4, -0.2) is 21.9 Å². The summed E-state index contributed by atoms with van der Waals surface area (Å²) < 4.78 is 5.11. The summed E-state index contributed by atoms with van der Waals surface area (Å²) in [6, 6.07) is 77.8. The molecule has 1 aliphatic rings. The second kappa shape index (κ2) is 13.9. The van der Waals surface area contributed by atoms with Crippen LogP contribution in [0.15, 0.2) is 217 Å². The first-order valence-electron chi connectivity index (χ1n) is 22.6. The molecule has 0 radical (unpaired) electrons. The van der Waals surface area contributed by atoms with Crippen LogP contribution in [0.4, 0.5) is 0 Å². The molecule has 0 saturated heterocycles. The zero-order valence-electron chi connectivity index (χ0n) is 35.7. The molecule has 1 aliphatic heterocycles. The van der Waals surface area contributed by atoms with E-state index in [1.807, 2.05) is 0 Å². The highest BCUT2D eigenvalue weighted by atomic mass is 15.4. The number of hydrogen-bond acceptors (Lipinski definition) is 2. The Kier molecular flexibility index (Phi) is 7.74. The minimum Gasteiger partial charge on any atom is -0.317 e. The molecule has 3 atom stereocenters. The van der Waals surface area contributed by atoms with Gasteiger partial charge in [-0.15, -0.1) is 0 Å². The van der Waals surface area contributed by atoms with Crippen molar-refractivity contribution in [1.29, 1.82) is 0 Å². The largest absolute Gasteiger partial charge is 0.317 e. The van der Waals surface area contributed by atoms with Crippen molar-refractivity contribution in [1.82, 2.24) is 14.3 Å². The third-order valence-corrected chi connectivity index (χ3v) is 14.2. The van der Waals surface area contributed by atoms with Gasteiger partial charge in [0.05, 0.1) is 34.6 Å². The molecule has 65 heavy (non-hydrogen) atoms. The predicted octanol–water partition coefficient (Wildman–Crippen LogP) is 13.2. The Morgan fingerprint density at radius 2 is 1.02 bits per heavy atom. The molecule has 4 heterocycles. The molecule has 3 aromatic heterocycles. The van der Waals surface area contributed by atoms with E-state index in [9.17, 15) is 0 Å². The molecule has 2 N–H and O–H groups in total. The number of fused-ring (bicyclic) bond motifs is 14. The van der Waals surface area contributed by atoms with Crippen molar-refractivity contribution < 1.29 is 4.90 Å². The minimum atomic E-state index is -0.144. The van der Waals surface area contributed by atoms with E-state index in [1.165, 1.54) is 109 Å². The zero-order valence-corrected chi connectivity index (χ0v) is 35.7. The van der Waals surface area contributed by atoms with E-state index in [-0.39, 0.29) is 12.3 Å². The Bertz CT molecular complexity index is 4030. The molecular formula is C60H42N5+. The molecule has 5 heteroatoms. The first kappa shape index (κ1) is 36.3. The lowest BCUT2D eigenvalue weighted by atomic mass is 9.97. The summed E-state index contributed by atoms with van der Waals surface area (Å²) in [5.41, 5.74) is 13.2. The lowest BCUT2D eigenvalue weighted by Crippen LogP contribution is -3.12. The summed E-state index contributed by atoms with van der Waals surface area (Å²) in [5, 5.41) is 16.6. The summed E-state index contributed by atoms with van der Waals surface area (Å²) in [6.07, 6.45) is -0.142. The van der Waals surface area contributed by atoms with E-state index in [4.69, 9.17) is 4.99 Å². The van der Waals surface area contributed by atoms with Crippen LogP contribution in [0.5, 0.6) is 0 Å². The van der Waals surface area contributed by atoms with E-state index in [0.29, 0.717) is 0 Å². The average Bonchev–Trinajstić information content (AvgIpc) is 4.02. The number of nitrogens with one attached hydrogen (secondary N) is 2. The zero-order chi connectivity index (χ0) is 42.8. The first-order chi connectivity index (χ1) is 32.2. The number of hydrogen-bond donors (Lipinski definition) is 2. The molecule has 0 saturated carbocycles. The van der Waals surface area contributed by atoms with Crippen molar-refractivity contribution in [2.45, 2.75) is 12.3 Å². The summed E-state index contributed by atoms with van der Waals surface area (Å²) in [4.78, 5) is 6.77.